The van der Waals surface area contributed by atoms with Gasteiger partial charge in [-0.2, -0.15) is 0 Å². The van der Waals surface area contributed by atoms with Crippen molar-refractivity contribution in [2.75, 3.05) is 6.79 Å². The molecule has 2 aromatic carbocycles. The average molecular weight is 461 g/mol. The molecule has 176 valence electrons. The van der Waals surface area contributed by atoms with Crippen LogP contribution in [0.3, 0.4) is 0 Å². The molecule has 34 heavy (non-hydrogen) atoms. The molecule has 1 saturated carbocycles. The molecular formula is C27H28N2O5. The van der Waals surface area contributed by atoms with Gasteiger partial charge < -0.3 is 24.1 Å². The van der Waals surface area contributed by atoms with Gasteiger partial charge in [-0.3, -0.25) is 9.59 Å². The second kappa shape index (κ2) is 9.63. The Morgan fingerprint density at radius 1 is 1.03 bits per heavy atom. The molecule has 0 unspecified atom stereocenters. The van der Waals surface area contributed by atoms with Gasteiger partial charge in [-0.1, -0.05) is 48.7 Å². The zero-order chi connectivity index (χ0) is 23.5. The average Bonchev–Trinajstić information content (AvgIpc) is 3.62. The van der Waals surface area contributed by atoms with Crippen LogP contribution in [0.15, 0.2) is 65.3 Å². The SMILES string of the molecule is Cc1ccc([C@@H](C(=O)NC2CCCC2)N(Cc2ccc3c(c2)OCO3)C(=O)c2ccco2)cc1. The fourth-order valence-electron chi connectivity index (χ4n) is 4.63. The third-order valence-electron chi connectivity index (χ3n) is 6.44. The standard InChI is InChI=1S/C27H28N2O5/c1-18-8-11-20(12-9-18)25(26(30)28-21-5-2-3-6-21)29(27(31)23-7-4-14-32-23)16-19-10-13-22-24(15-19)34-17-33-22/h4,7-15,21,25H,2-3,5-6,16-17H2,1H3,(H,28,30)/t25-/m0/s1. The summed E-state index contributed by atoms with van der Waals surface area (Å²) in [4.78, 5) is 28.9. The van der Waals surface area contributed by atoms with Gasteiger partial charge in [0.25, 0.3) is 5.91 Å². The monoisotopic (exact) mass is 460 g/mol. The molecule has 2 aliphatic rings. The summed E-state index contributed by atoms with van der Waals surface area (Å²) < 4.78 is 16.4. The van der Waals surface area contributed by atoms with E-state index in [0.717, 1.165) is 42.4 Å². The maximum atomic E-state index is 13.7. The molecule has 0 saturated heterocycles. The quantitative estimate of drug-likeness (QED) is 0.550. The van der Waals surface area contributed by atoms with E-state index >= 15 is 0 Å². The van der Waals surface area contributed by atoms with Crippen LogP contribution < -0.4 is 14.8 Å². The van der Waals surface area contributed by atoms with Crippen molar-refractivity contribution in [2.45, 2.75) is 51.2 Å². The minimum atomic E-state index is -0.816. The van der Waals surface area contributed by atoms with Crippen LogP contribution in [0.2, 0.25) is 0 Å². The van der Waals surface area contributed by atoms with E-state index in [-0.39, 0.29) is 37.0 Å². The number of benzene rings is 2. The molecule has 2 heterocycles. The molecule has 1 aromatic heterocycles. The Hall–Kier alpha value is -3.74. The molecule has 1 fully saturated rings. The fourth-order valence-corrected chi connectivity index (χ4v) is 4.63. The first-order valence-electron chi connectivity index (χ1n) is 11.7. The largest absolute Gasteiger partial charge is 0.459 e. The van der Waals surface area contributed by atoms with E-state index in [1.165, 1.54) is 6.26 Å². The van der Waals surface area contributed by atoms with Gasteiger partial charge in [0.05, 0.1) is 6.26 Å². The Bertz CT molecular complexity index is 1150. The lowest BCUT2D eigenvalue weighted by Gasteiger charge is -2.32. The molecule has 1 aliphatic heterocycles. The Morgan fingerprint density at radius 2 is 1.79 bits per heavy atom. The summed E-state index contributed by atoms with van der Waals surface area (Å²) in [6, 6.07) is 15.9. The molecule has 1 atom stereocenters. The Balaban J connectivity index is 1.53. The van der Waals surface area contributed by atoms with Crippen LogP contribution in [0.25, 0.3) is 0 Å². The summed E-state index contributed by atoms with van der Waals surface area (Å²) in [6.07, 6.45) is 5.59. The van der Waals surface area contributed by atoms with Crippen molar-refractivity contribution in [3.05, 3.63) is 83.3 Å². The van der Waals surface area contributed by atoms with Gasteiger partial charge in [0.15, 0.2) is 17.3 Å². The molecule has 5 rings (SSSR count). The highest BCUT2D eigenvalue weighted by Gasteiger charge is 2.35. The topological polar surface area (TPSA) is 81.0 Å². The molecule has 1 N–H and O–H groups in total. The van der Waals surface area contributed by atoms with Crippen LogP contribution in [0.5, 0.6) is 11.5 Å². The minimum Gasteiger partial charge on any atom is -0.459 e. The third kappa shape index (κ3) is 4.64. The number of carbonyl (C=O) groups is 2. The number of furan rings is 1. The van der Waals surface area contributed by atoms with Crippen LogP contribution >= 0.6 is 0 Å². The van der Waals surface area contributed by atoms with Gasteiger partial charge in [0.2, 0.25) is 12.7 Å². The van der Waals surface area contributed by atoms with E-state index in [2.05, 4.69) is 5.32 Å². The van der Waals surface area contributed by atoms with Gasteiger partial charge in [-0.05, 0) is 55.2 Å². The van der Waals surface area contributed by atoms with Crippen molar-refractivity contribution in [1.29, 1.82) is 0 Å². The fraction of sp³-hybridized carbons (Fsp3) is 0.333. The lowest BCUT2D eigenvalue weighted by Crippen LogP contribution is -2.45. The Labute approximate surface area is 198 Å². The number of nitrogens with one attached hydrogen (secondary N) is 1. The van der Waals surface area contributed by atoms with E-state index in [1.807, 2.05) is 49.4 Å². The molecule has 7 nitrogen and oxygen atoms in total. The van der Waals surface area contributed by atoms with E-state index < -0.39 is 6.04 Å². The Kier molecular flexibility index (Phi) is 6.25. The lowest BCUT2D eigenvalue weighted by atomic mass is 10.0. The first kappa shape index (κ1) is 22.1. The van der Waals surface area contributed by atoms with Crippen molar-refractivity contribution in [3.8, 4) is 11.5 Å². The molecule has 0 spiro atoms. The highest BCUT2D eigenvalue weighted by atomic mass is 16.7. The van der Waals surface area contributed by atoms with Crippen molar-refractivity contribution in [1.82, 2.24) is 10.2 Å². The molecule has 1 aliphatic carbocycles. The van der Waals surface area contributed by atoms with Crippen molar-refractivity contribution < 1.29 is 23.5 Å². The van der Waals surface area contributed by atoms with Crippen LogP contribution in [-0.2, 0) is 11.3 Å². The van der Waals surface area contributed by atoms with E-state index in [9.17, 15) is 9.59 Å². The first-order chi connectivity index (χ1) is 16.6. The van der Waals surface area contributed by atoms with Crippen molar-refractivity contribution in [2.24, 2.45) is 0 Å². The highest BCUT2D eigenvalue weighted by Crippen LogP contribution is 2.34. The predicted octanol–water partition coefficient (Wildman–Crippen LogP) is 4.76. The zero-order valence-electron chi connectivity index (χ0n) is 19.2. The maximum Gasteiger partial charge on any atom is 0.290 e. The van der Waals surface area contributed by atoms with Crippen LogP contribution in [0, 0.1) is 6.92 Å². The number of aryl methyl sites for hydroxylation is 1. The second-order valence-corrected chi connectivity index (χ2v) is 8.90. The van der Waals surface area contributed by atoms with E-state index in [1.54, 1.807) is 17.0 Å². The van der Waals surface area contributed by atoms with Gasteiger partial charge >= 0.3 is 0 Å². The number of rotatable bonds is 7. The van der Waals surface area contributed by atoms with Crippen LogP contribution in [0.4, 0.5) is 0 Å². The van der Waals surface area contributed by atoms with Gasteiger partial charge in [0, 0.05) is 12.6 Å². The molecule has 2 amide bonds. The summed E-state index contributed by atoms with van der Waals surface area (Å²) in [5.74, 6) is 0.949. The summed E-state index contributed by atoms with van der Waals surface area (Å²) in [5.41, 5.74) is 2.66. The van der Waals surface area contributed by atoms with Crippen LogP contribution in [-0.4, -0.2) is 29.5 Å². The number of ether oxygens (including phenoxy) is 2. The highest BCUT2D eigenvalue weighted by molar-refractivity contribution is 5.96. The smallest absolute Gasteiger partial charge is 0.290 e. The van der Waals surface area contributed by atoms with Gasteiger partial charge in [-0.25, -0.2) is 0 Å². The molecular weight excluding hydrogens is 432 g/mol. The number of hydrogen-bond acceptors (Lipinski definition) is 5. The van der Waals surface area contributed by atoms with Crippen molar-refractivity contribution >= 4 is 11.8 Å². The number of amides is 2. The van der Waals surface area contributed by atoms with Gasteiger partial charge in [0.1, 0.15) is 6.04 Å². The summed E-state index contributed by atoms with van der Waals surface area (Å²) in [5, 5.41) is 3.19. The lowest BCUT2D eigenvalue weighted by molar-refractivity contribution is -0.126. The normalized spacial score (nSPS) is 15.8. The van der Waals surface area contributed by atoms with Crippen LogP contribution in [0.1, 0.15) is 59.0 Å². The summed E-state index contributed by atoms with van der Waals surface area (Å²) in [6.45, 7) is 2.37. The zero-order valence-corrected chi connectivity index (χ0v) is 19.2. The second-order valence-electron chi connectivity index (χ2n) is 8.90. The first-order valence-corrected chi connectivity index (χ1v) is 11.7. The number of fused-ring (bicyclic) bond motifs is 1. The third-order valence-corrected chi connectivity index (χ3v) is 6.44. The number of carbonyl (C=O) groups excluding carboxylic acids is 2. The van der Waals surface area contributed by atoms with E-state index in [0.29, 0.717) is 11.5 Å². The molecule has 3 aromatic rings. The summed E-state index contributed by atoms with van der Waals surface area (Å²) >= 11 is 0. The molecule has 0 radical (unpaired) electrons. The maximum absolute atomic E-state index is 13.7. The van der Waals surface area contributed by atoms with Crippen molar-refractivity contribution in [3.63, 3.8) is 0 Å². The minimum absolute atomic E-state index is 0.131. The number of hydrogen-bond donors (Lipinski definition) is 1. The number of nitrogens with zero attached hydrogens (tertiary/aromatic N) is 1. The predicted molar refractivity (Wildman–Crippen MR) is 125 cm³/mol. The molecule has 0 bridgehead atoms. The van der Waals surface area contributed by atoms with Gasteiger partial charge in [-0.15, -0.1) is 0 Å². The summed E-state index contributed by atoms with van der Waals surface area (Å²) in [7, 11) is 0. The Morgan fingerprint density at radius 3 is 2.53 bits per heavy atom. The van der Waals surface area contributed by atoms with E-state index in [4.69, 9.17) is 13.9 Å². The molecule has 7 heteroatoms.